The van der Waals surface area contributed by atoms with Crippen LogP contribution in [0.1, 0.15) is 30.3 Å². The van der Waals surface area contributed by atoms with Crippen molar-refractivity contribution in [2.75, 3.05) is 18.5 Å². The van der Waals surface area contributed by atoms with Gasteiger partial charge in [0.05, 0.1) is 0 Å². The van der Waals surface area contributed by atoms with Crippen LogP contribution in [0, 0.1) is 0 Å². The van der Waals surface area contributed by atoms with Gasteiger partial charge in [-0.25, -0.2) is 4.98 Å². The van der Waals surface area contributed by atoms with E-state index in [1.54, 1.807) is 11.3 Å². The number of rotatable bonds is 6. The van der Waals surface area contributed by atoms with E-state index in [9.17, 15) is 0 Å². The standard InChI is InChI=1S/C15H20BrN3S/c1-4-17-11(2)14-9-18-15(20-14)19(3)10-12-7-5-6-8-13(12)16/h5-9,11,17H,4,10H2,1-3H3. The number of halogens is 1. The fourth-order valence-corrected chi connectivity index (χ4v) is 3.32. The quantitative estimate of drug-likeness (QED) is 0.842. The third kappa shape index (κ3) is 3.81. The molecule has 3 nitrogen and oxygen atoms in total. The second-order valence-electron chi connectivity index (χ2n) is 4.77. The molecule has 0 bridgehead atoms. The van der Waals surface area contributed by atoms with Crippen LogP contribution in [-0.4, -0.2) is 18.6 Å². The number of hydrogen-bond acceptors (Lipinski definition) is 4. The van der Waals surface area contributed by atoms with Crippen molar-refractivity contribution in [3.8, 4) is 0 Å². The van der Waals surface area contributed by atoms with Gasteiger partial charge < -0.3 is 10.2 Å². The van der Waals surface area contributed by atoms with Crippen molar-refractivity contribution < 1.29 is 0 Å². The second-order valence-corrected chi connectivity index (χ2v) is 6.67. The zero-order valence-corrected chi connectivity index (χ0v) is 14.5. The average molecular weight is 354 g/mol. The molecule has 1 unspecified atom stereocenters. The van der Waals surface area contributed by atoms with Crippen LogP contribution in [0.15, 0.2) is 34.9 Å². The number of anilines is 1. The van der Waals surface area contributed by atoms with E-state index in [-0.39, 0.29) is 0 Å². The van der Waals surface area contributed by atoms with Gasteiger partial charge in [0.2, 0.25) is 0 Å². The highest BCUT2D eigenvalue weighted by molar-refractivity contribution is 9.10. The van der Waals surface area contributed by atoms with Gasteiger partial charge in [0, 0.05) is 35.2 Å². The first-order valence-corrected chi connectivity index (χ1v) is 8.36. The third-order valence-electron chi connectivity index (χ3n) is 3.14. The number of aromatic nitrogens is 1. The Hall–Kier alpha value is -0.910. The Bertz CT molecular complexity index is 556. The molecule has 1 N–H and O–H groups in total. The summed E-state index contributed by atoms with van der Waals surface area (Å²) in [4.78, 5) is 8.00. The summed E-state index contributed by atoms with van der Waals surface area (Å²) in [5, 5.41) is 4.47. The first-order chi connectivity index (χ1) is 9.61. The number of benzene rings is 1. The van der Waals surface area contributed by atoms with Gasteiger partial charge in [0.1, 0.15) is 0 Å². The Morgan fingerprint density at radius 2 is 2.15 bits per heavy atom. The molecule has 0 aliphatic carbocycles. The van der Waals surface area contributed by atoms with Crippen molar-refractivity contribution >= 4 is 32.4 Å². The third-order valence-corrected chi connectivity index (χ3v) is 5.21. The van der Waals surface area contributed by atoms with E-state index in [0.717, 1.165) is 22.7 Å². The first-order valence-electron chi connectivity index (χ1n) is 6.75. The van der Waals surface area contributed by atoms with Crippen molar-refractivity contribution in [3.63, 3.8) is 0 Å². The summed E-state index contributed by atoms with van der Waals surface area (Å²) in [6, 6.07) is 8.67. The Kier molecular flexibility index (Phi) is 5.57. The van der Waals surface area contributed by atoms with Crippen molar-refractivity contribution in [1.82, 2.24) is 10.3 Å². The van der Waals surface area contributed by atoms with Crippen LogP contribution in [-0.2, 0) is 6.54 Å². The largest absolute Gasteiger partial charge is 0.347 e. The van der Waals surface area contributed by atoms with E-state index in [4.69, 9.17) is 0 Å². The van der Waals surface area contributed by atoms with Crippen LogP contribution in [0.3, 0.4) is 0 Å². The predicted octanol–water partition coefficient (Wildman–Crippen LogP) is 4.21. The van der Waals surface area contributed by atoms with Gasteiger partial charge in [-0.3, -0.25) is 0 Å². The van der Waals surface area contributed by atoms with Gasteiger partial charge >= 0.3 is 0 Å². The van der Waals surface area contributed by atoms with Crippen molar-refractivity contribution in [1.29, 1.82) is 0 Å². The Morgan fingerprint density at radius 3 is 2.85 bits per heavy atom. The fourth-order valence-electron chi connectivity index (χ4n) is 2.01. The van der Waals surface area contributed by atoms with Crippen LogP contribution in [0.4, 0.5) is 5.13 Å². The number of nitrogens with zero attached hydrogens (tertiary/aromatic N) is 2. The van der Waals surface area contributed by atoms with Crippen LogP contribution >= 0.6 is 27.3 Å². The minimum Gasteiger partial charge on any atom is -0.347 e. The Balaban J connectivity index is 2.06. The summed E-state index contributed by atoms with van der Waals surface area (Å²) in [5.74, 6) is 0. The Labute approximate surface area is 133 Å². The molecule has 0 saturated heterocycles. The van der Waals surface area contributed by atoms with Crippen molar-refractivity contribution in [2.24, 2.45) is 0 Å². The summed E-state index contributed by atoms with van der Waals surface area (Å²) in [6.07, 6.45) is 1.98. The lowest BCUT2D eigenvalue weighted by Crippen LogP contribution is -2.17. The predicted molar refractivity (Wildman–Crippen MR) is 90.5 cm³/mol. The molecule has 20 heavy (non-hydrogen) atoms. The minimum absolute atomic E-state index is 0.364. The van der Waals surface area contributed by atoms with Crippen LogP contribution in [0.25, 0.3) is 0 Å². The number of hydrogen-bond donors (Lipinski definition) is 1. The minimum atomic E-state index is 0.364. The average Bonchev–Trinajstić information content (AvgIpc) is 2.91. The normalized spacial score (nSPS) is 12.4. The molecule has 2 rings (SSSR count). The molecule has 0 spiro atoms. The summed E-state index contributed by atoms with van der Waals surface area (Å²) >= 11 is 5.34. The molecule has 0 saturated carbocycles. The first kappa shape index (κ1) is 15.5. The SMILES string of the molecule is CCNC(C)c1cnc(N(C)Cc2ccccc2Br)s1. The molecule has 2 aromatic rings. The van der Waals surface area contributed by atoms with E-state index >= 15 is 0 Å². The summed E-state index contributed by atoms with van der Waals surface area (Å²) < 4.78 is 1.14. The maximum absolute atomic E-state index is 4.53. The van der Waals surface area contributed by atoms with Gasteiger partial charge in [-0.2, -0.15) is 0 Å². The van der Waals surface area contributed by atoms with E-state index in [0.29, 0.717) is 6.04 Å². The van der Waals surface area contributed by atoms with Crippen molar-refractivity contribution in [2.45, 2.75) is 26.4 Å². The van der Waals surface area contributed by atoms with E-state index in [1.807, 2.05) is 12.3 Å². The van der Waals surface area contributed by atoms with E-state index in [2.05, 4.69) is 70.2 Å². The monoisotopic (exact) mass is 353 g/mol. The van der Waals surface area contributed by atoms with Crippen molar-refractivity contribution in [3.05, 3.63) is 45.4 Å². The highest BCUT2D eigenvalue weighted by Gasteiger charge is 2.12. The van der Waals surface area contributed by atoms with Crippen LogP contribution in [0.5, 0.6) is 0 Å². The summed E-state index contributed by atoms with van der Waals surface area (Å²) in [5.41, 5.74) is 1.27. The summed E-state index contributed by atoms with van der Waals surface area (Å²) in [7, 11) is 2.08. The smallest absolute Gasteiger partial charge is 0.185 e. The Morgan fingerprint density at radius 1 is 1.40 bits per heavy atom. The van der Waals surface area contributed by atoms with Crippen LogP contribution in [0.2, 0.25) is 0 Å². The number of thiazole rings is 1. The molecule has 1 atom stereocenters. The maximum Gasteiger partial charge on any atom is 0.185 e. The van der Waals surface area contributed by atoms with Gasteiger partial charge in [-0.1, -0.05) is 41.1 Å². The molecule has 1 aromatic carbocycles. The molecule has 1 aromatic heterocycles. The molecule has 108 valence electrons. The maximum atomic E-state index is 4.53. The van der Waals surface area contributed by atoms with Gasteiger partial charge in [-0.15, -0.1) is 11.3 Å². The topological polar surface area (TPSA) is 28.2 Å². The molecule has 5 heteroatoms. The molecular formula is C15H20BrN3S. The lowest BCUT2D eigenvalue weighted by atomic mass is 10.2. The van der Waals surface area contributed by atoms with Gasteiger partial charge in [0.15, 0.2) is 5.13 Å². The lowest BCUT2D eigenvalue weighted by Gasteiger charge is -2.16. The second kappa shape index (κ2) is 7.20. The zero-order chi connectivity index (χ0) is 14.5. The van der Waals surface area contributed by atoms with Gasteiger partial charge in [-0.05, 0) is 25.1 Å². The van der Waals surface area contributed by atoms with Gasteiger partial charge in [0.25, 0.3) is 0 Å². The molecule has 0 radical (unpaired) electrons. The zero-order valence-electron chi connectivity index (χ0n) is 12.1. The van der Waals surface area contributed by atoms with E-state index < -0.39 is 0 Å². The molecule has 1 heterocycles. The molecular weight excluding hydrogens is 334 g/mol. The fraction of sp³-hybridized carbons (Fsp3) is 0.400. The highest BCUT2D eigenvalue weighted by atomic mass is 79.9. The summed E-state index contributed by atoms with van der Waals surface area (Å²) in [6.45, 7) is 6.12. The lowest BCUT2D eigenvalue weighted by molar-refractivity contribution is 0.606. The molecule has 0 aliphatic rings. The number of nitrogens with one attached hydrogen (secondary N) is 1. The highest BCUT2D eigenvalue weighted by Crippen LogP contribution is 2.28. The molecule has 0 aliphatic heterocycles. The molecule has 0 amide bonds. The molecule has 0 fully saturated rings. The van der Waals surface area contributed by atoms with E-state index in [1.165, 1.54) is 10.4 Å². The van der Waals surface area contributed by atoms with Crippen LogP contribution < -0.4 is 10.2 Å².